The lowest BCUT2D eigenvalue weighted by Crippen LogP contribution is -2.37. The van der Waals surface area contributed by atoms with Crippen LogP contribution in [0.1, 0.15) is 41.4 Å². The third-order valence-corrected chi connectivity index (χ3v) is 3.44. The molecule has 18 heavy (non-hydrogen) atoms. The molecule has 1 saturated heterocycles. The summed E-state index contributed by atoms with van der Waals surface area (Å²) in [4.78, 5) is 24.1. The first-order valence-electron chi connectivity index (χ1n) is 6.23. The fourth-order valence-electron chi connectivity index (χ4n) is 2.22. The normalized spacial score (nSPS) is 23.1. The maximum atomic E-state index is 11.9. The second-order valence-electron chi connectivity index (χ2n) is 4.95. The molecular formula is C12H15N3O3. The zero-order valence-electron chi connectivity index (χ0n) is 9.96. The Bertz CT molecular complexity index is 467. The monoisotopic (exact) mass is 249 g/mol. The van der Waals surface area contributed by atoms with Gasteiger partial charge in [-0.1, -0.05) is 5.16 Å². The molecule has 2 heterocycles. The molecule has 1 aliphatic heterocycles. The number of aromatic nitrogens is 1. The van der Waals surface area contributed by atoms with Crippen LogP contribution in [0.5, 0.6) is 0 Å². The molecule has 1 unspecified atom stereocenters. The van der Waals surface area contributed by atoms with Crippen LogP contribution >= 0.6 is 0 Å². The van der Waals surface area contributed by atoms with Gasteiger partial charge in [0.15, 0.2) is 5.69 Å². The molecule has 1 aromatic rings. The van der Waals surface area contributed by atoms with Crippen LogP contribution in [0.2, 0.25) is 0 Å². The van der Waals surface area contributed by atoms with Gasteiger partial charge in [-0.05, 0) is 19.3 Å². The molecule has 6 heteroatoms. The predicted molar refractivity (Wildman–Crippen MR) is 62.0 cm³/mol. The second-order valence-corrected chi connectivity index (χ2v) is 4.95. The van der Waals surface area contributed by atoms with Gasteiger partial charge in [0.25, 0.3) is 5.91 Å². The molecule has 0 aromatic carbocycles. The van der Waals surface area contributed by atoms with E-state index in [1.54, 1.807) is 11.0 Å². The Hall–Kier alpha value is -1.85. The summed E-state index contributed by atoms with van der Waals surface area (Å²) in [5.41, 5.74) is 0.335. The number of carbonyl (C=O) groups is 2. The molecule has 96 valence electrons. The fraction of sp³-hybridized carbons (Fsp3) is 0.583. The van der Waals surface area contributed by atoms with E-state index >= 15 is 0 Å². The smallest absolute Gasteiger partial charge is 0.273 e. The lowest BCUT2D eigenvalue weighted by molar-refractivity contribution is -0.117. The first-order chi connectivity index (χ1) is 8.76. The molecule has 1 saturated carbocycles. The summed E-state index contributed by atoms with van der Waals surface area (Å²) < 4.78 is 5.14. The van der Waals surface area contributed by atoms with E-state index in [1.165, 1.54) is 0 Å². The van der Waals surface area contributed by atoms with Gasteiger partial charge in [-0.2, -0.15) is 0 Å². The molecule has 0 bridgehead atoms. The maximum absolute atomic E-state index is 11.9. The van der Waals surface area contributed by atoms with Gasteiger partial charge in [-0.3, -0.25) is 9.59 Å². The average molecular weight is 249 g/mol. The molecule has 2 amide bonds. The maximum Gasteiger partial charge on any atom is 0.273 e. The van der Waals surface area contributed by atoms with E-state index in [2.05, 4.69) is 10.5 Å². The standard InChI is InChI=1S/C12H15N3O3/c16-7-15-4-3-9(6-15)13-12(17)10-5-11(18-14-10)8-1-2-8/h5,7-9H,1-4,6H2,(H,13,17). The highest BCUT2D eigenvalue weighted by atomic mass is 16.5. The average Bonchev–Trinajstić information content (AvgIpc) is 2.93. The summed E-state index contributed by atoms with van der Waals surface area (Å²) in [6.45, 7) is 1.27. The van der Waals surface area contributed by atoms with Crippen molar-refractivity contribution in [1.29, 1.82) is 0 Å². The van der Waals surface area contributed by atoms with E-state index in [-0.39, 0.29) is 11.9 Å². The van der Waals surface area contributed by atoms with Crippen LogP contribution in [-0.2, 0) is 4.79 Å². The van der Waals surface area contributed by atoms with Crippen molar-refractivity contribution in [2.75, 3.05) is 13.1 Å². The summed E-state index contributed by atoms with van der Waals surface area (Å²) in [6.07, 6.45) is 3.84. The fourth-order valence-corrected chi connectivity index (χ4v) is 2.22. The lowest BCUT2D eigenvalue weighted by Gasteiger charge is -2.11. The predicted octanol–water partition coefficient (Wildman–Crippen LogP) is 0.512. The summed E-state index contributed by atoms with van der Waals surface area (Å²) in [5, 5.41) is 6.66. The molecular weight excluding hydrogens is 234 g/mol. The van der Waals surface area contributed by atoms with Crippen molar-refractivity contribution in [3.05, 3.63) is 17.5 Å². The van der Waals surface area contributed by atoms with Crippen LogP contribution in [0.25, 0.3) is 0 Å². The number of nitrogens with zero attached hydrogens (tertiary/aromatic N) is 2. The Morgan fingerprint density at radius 1 is 1.50 bits per heavy atom. The molecule has 3 rings (SSSR count). The van der Waals surface area contributed by atoms with Crippen LogP contribution in [-0.4, -0.2) is 41.5 Å². The van der Waals surface area contributed by atoms with Crippen LogP contribution in [0.3, 0.4) is 0 Å². The van der Waals surface area contributed by atoms with Gasteiger partial charge in [0, 0.05) is 31.1 Å². The highest BCUT2D eigenvalue weighted by molar-refractivity contribution is 5.92. The number of rotatable bonds is 4. The number of hydrogen-bond donors (Lipinski definition) is 1. The third-order valence-electron chi connectivity index (χ3n) is 3.44. The molecule has 2 fully saturated rings. The Labute approximate surface area is 104 Å². The van der Waals surface area contributed by atoms with Crippen molar-refractivity contribution >= 4 is 12.3 Å². The number of hydrogen-bond acceptors (Lipinski definition) is 4. The zero-order chi connectivity index (χ0) is 12.5. The Kier molecular flexibility index (Phi) is 2.77. The highest BCUT2D eigenvalue weighted by Crippen LogP contribution is 2.40. The molecule has 1 aliphatic carbocycles. The minimum atomic E-state index is -0.219. The van der Waals surface area contributed by atoms with Gasteiger partial charge in [-0.15, -0.1) is 0 Å². The van der Waals surface area contributed by atoms with Gasteiger partial charge in [0.05, 0.1) is 0 Å². The molecule has 0 spiro atoms. The number of likely N-dealkylation sites (tertiary alicyclic amines) is 1. The summed E-state index contributed by atoms with van der Waals surface area (Å²) in [7, 11) is 0. The number of amides is 2. The van der Waals surface area contributed by atoms with Crippen LogP contribution in [0, 0.1) is 0 Å². The second kappa shape index (κ2) is 4.44. The Balaban J connectivity index is 1.58. The van der Waals surface area contributed by atoms with Crippen LogP contribution in [0.15, 0.2) is 10.6 Å². The summed E-state index contributed by atoms with van der Waals surface area (Å²) in [5.74, 6) is 1.04. The highest BCUT2D eigenvalue weighted by Gasteiger charge is 2.30. The third kappa shape index (κ3) is 2.23. The van der Waals surface area contributed by atoms with E-state index in [1.807, 2.05) is 0 Å². The lowest BCUT2D eigenvalue weighted by atomic mass is 10.2. The largest absolute Gasteiger partial charge is 0.360 e. The molecule has 2 aliphatic rings. The molecule has 1 N–H and O–H groups in total. The quantitative estimate of drug-likeness (QED) is 0.789. The summed E-state index contributed by atoms with van der Waals surface area (Å²) >= 11 is 0. The van der Waals surface area contributed by atoms with E-state index in [0.717, 1.165) is 31.4 Å². The first-order valence-corrected chi connectivity index (χ1v) is 6.23. The molecule has 1 aromatic heterocycles. The topological polar surface area (TPSA) is 75.4 Å². The first kappa shape index (κ1) is 11.3. The number of carbonyl (C=O) groups excluding carboxylic acids is 2. The van der Waals surface area contributed by atoms with Crippen molar-refractivity contribution < 1.29 is 14.1 Å². The zero-order valence-corrected chi connectivity index (χ0v) is 9.96. The van der Waals surface area contributed by atoms with Crippen molar-refractivity contribution in [2.24, 2.45) is 0 Å². The van der Waals surface area contributed by atoms with Crippen molar-refractivity contribution in [2.45, 2.75) is 31.2 Å². The van der Waals surface area contributed by atoms with E-state index in [4.69, 9.17) is 4.52 Å². The molecule has 1 atom stereocenters. The van der Waals surface area contributed by atoms with Gasteiger partial charge < -0.3 is 14.7 Å². The van der Waals surface area contributed by atoms with Crippen LogP contribution in [0.4, 0.5) is 0 Å². The minimum Gasteiger partial charge on any atom is -0.360 e. The Morgan fingerprint density at radius 2 is 2.33 bits per heavy atom. The summed E-state index contributed by atoms with van der Waals surface area (Å²) in [6, 6.07) is 1.74. The van der Waals surface area contributed by atoms with Gasteiger partial charge >= 0.3 is 0 Å². The van der Waals surface area contributed by atoms with Gasteiger partial charge in [0.1, 0.15) is 5.76 Å². The van der Waals surface area contributed by atoms with Crippen molar-refractivity contribution in [3.63, 3.8) is 0 Å². The minimum absolute atomic E-state index is 0.0174. The SMILES string of the molecule is O=CN1CCC(NC(=O)c2cc(C3CC3)on2)C1. The van der Waals surface area contributed by atoms with Crippen molar-refractivity contribution in [1.82, 2.24) is 15.4 Å². The van der Waals surface area contributed by atoms with Gasteiger partial charge in [0.2, 0.25) is 6.41 Å². The van der Waals surface area contributed by atoms with Crippen LogP contribution < -0.4 is 5.32 Å². The number of nitrogens with one attached hydrogen (secondary N) is 1. The van der Waals surface area contributed by atoms with Gasteiger partial charge in [-0.25, -0.2) is 0 Å². The van der Waals surface area contributed by atoms with E-state index in [0.29, 0.717) is 24.7 Å². The van der Waals surface area contributed by atoms with E-state index < -0.39 is 0 Å². The molecule has 0 radical (unpaired) electrons. The van der Waals surface area contributed by atoms with E-state index in [9.17, 15) is 9.59 Å². The molecule has 6 nitrogen and oxygen atoms in total. The van der Waals surface area contributed by atoms with Crippen molar-refractivity contribution in [3.8, 4) is 0 Å². The Morgan fingerprint density at radius 3 is 3.00 bits per heavy atom.